The van der Waals surface area contributed by atoms with Crippen molar-refractivity contribution < 1.29 is 4.79 Å². The zero-order valence-electron chi connectivity index (χ0n) is 10.9. The smallest absolute Gasteiger partial charge is 0.258 e. The van der Waals surface area contributed by atoms with Gasteiger partial charge in [-0.25, -0.2) is 4.98 Å². The van der Waals surface area contributed by atoms with E-state index in [-0.39, 0.29) is 16.7 Å². The number of nitrogens with zero attached hydrogens (tertiary/aromatic N) is 2. The van der Waals surface area contributed by atoms with E-state index in [0.717, 1.165) is 31.5 Å². The fraction of sp³-hybridized carbons (Fsp3) is 0.462. The highest BCUT2D eigenvalue weighted by molar-refractivity contribution is 7.99. The summed E-state index contributed by atoms with van der Waals surface area (Å²) in [5.74, 6) is 0.711. The summed E-state index contributed by atoms with van der Waals surface area (Å²) in [7, 11) is 0. The lowest BCUT2D eigenvalue weighted by molar-refractivity contribution is -0.120. The zero-order valence-corrected chi connectivity index (χ0v) is 12.5. The van der Waals surface area contributed by atoms with Gasteiger partial charge in [0.05, 0.1) is 10.9 Å². The minimum atomic E-state index is -0.0582. The average Bonchev–Trinajstić information content (AvgIpc) is 2.81. The van der Waals surface area contributed by atoms with Gasteiger partial charge < -0.3 is 5.32 Å². The summed E-state index contributed by atoms with van der Waals surface area (Å²) in [6.45, 7) is 0.774. The van der Waals surface area contributed by atoms with Gasteiger partial charge in [0.25, 0.3) is 5.56 Å². The van der Waals surface area contributed by atoms with Gasteiger partial charge >= 0.3 is 0 Å². The Morgan fingerprint density at radius 2 is 2.35 bits per heavy atom. The van der Waals surface area contributed by atoms with Crippen molar-refractivity contribution in [2.45, 2.75) is 30.3 Å². The van der Waals surface area contributed by atoms with E-state index < -0.39 is 0 Å². The molecule has 0 unspecified atom stereocenters. The number of thiazole rings is 1. The van der Waals surface area contributed by atoms with E-state index in [4.69, 9.17) is 0 Å². The lowest BCUT2D eigenvalue weighted by Crippen LogP contribution is -2.30. The molecule has 1 fully saturated rings. The number of carbonyl (C=O) groups is 1. The number of fused-ring (bicyclic) bond motifs is 1. The highest BCUT2D eigenvalue weighted by atomic mass is 32.2. The van der Waals surface area contributed by atoms with E-state index in [1.54, 1.807) is 24.0 Å². The second-order valence-corrected chi connectivity index (χ2v) is 6.79. The maximum atomic E-state index is 11.9. The van der Waals surface area contributed by atoms with Crippen molar-refractivity contribution in [3.05, 3.63) is 33.7 Å². The van der Waals surface area contributed by atoms with E-state index in [0.29, 0.717) is 10.7 Å². The molecule has 7 heteroatoms. The Labute approximate surface area is 124 Å². The molecule has 3 rings (SSSR count). The third kappa shape index (κ3) is 2.88. The fourth-order valence-electron chi connectivity index (χ4n) is 2.22. The third-order valence-electron chi connectivity index (χ3n) is 3.27. The Morgan fingerprint density at radius 1 is 1.45 bits per heavy atom. The van der Waals surface area contributed by atoms with E-state index in [9.17, 15) is 9.59 Å². The fourth-order valence-corrected chi connectivity index (χ4v) is 4.04. The molecule has 1 aliphatic heterocycles. The lowest BCUT2D eigenvalue weighted by atomic mass is 10.2. The Balaban J connectivity index is 1.72. The van der Waals surface area contributed by atoms with Gasteiger partial charge in [0.2, 0.25) is 5.91 Å². The number of nitrogens with one attached hydrogen (secondary N) is 1. The van der Waals surface area contributed by atoms with Gasteiger partial charge in [0, 0.05) is 29.9 Å². The van der Waals surface area contributed by atoms with E-state index in [2.05, 4.69) is 10.3 Å². The predicted molar refractivity (Wildman–Crippen MR) is 81.3 cm³/mol. The van der Waals surface area contributed by atoms with Crippen LogP contribution in [0.25, 0.3) is 4.96 Å². The molecule has 1 aliphatic rings. The van der Waals surface area contributed by atoms with Crippen LogP contribution in [0.2, 0.25) is 0 Å². The summed E-state index contributed by atoms with van der Waals surface area (Å²) in [6, 6.07) is 1.56. The molecule has 1 saturated heterocycles. The number of amides is 1. The Bertz CT molecular complexity index is 680. The highest BCUT2D eigenvalue weighted by Gasteiger charge is 2.21. The van der Waals surface area contributed by atoms with Crippen LogP contribution >= 0.6 is 23.1 Å². The van der Waals surface area contributed by atoms with Crippen LogP contribution in [0.1, 0.15) is 25.0 Å². The van der Waals surface area contributed by atoms with Crippen molar-refractivity contribution in [3.8, 4) is 0 Å². The molecule has 0 saturated carbocycles. The zero-order chi connectivity index (χ0) is 13.9. The Kier molecular flexibility index (Phi) is 4.07. The number of aromatic nitrogens is 2. The van der Waals surface area contributed by atoms with Gasteiger partial charge in [0.15, 0.2) is 4.96 Å². The first-order valence-electron chi connectivity index (χ1n) is 6.59. The van der Waals surface area contributed by atoms with Crippen molar-refractivity contribution in [2.75, 3.05) is 6.54 Å². The quantitative estimate of drug-likeness (QED) is 0.936. The molecule has 106 valence electrons. The number of hydrogen-bond acceptors (Lipinski definition) is 5. The predicted octanol–water partition coefficient (Wildman–Crippen LogP) is 1.66. The molecule has 0 radical (unpaired) electrons. The molecule has 1 amide bonds. The maximum Gasteiger partial charge on any atom is 0.258 e. The molecule has 3 heterocycles. The molecule has 2 aromatic heterocycles. The molecule has 0 spiro atoms. The SMILES string of the molecule is O=C1NCCCC[C@@H]1SCc1cc(=O)n2ccsc2n1. The highest BCUT2D eigenvalue weighted by Crippen LogP contribution is 2.23. The average molecular weight is 309 g/mol. The Hall–Kier alpha value is -1.34. The van der Waals surface area contributed by atoms with Crippen LogP contribution in [-0.2, 0) is 10.5 Å². The van der Waals surface area contributed by atoms with Gasteiger partial charge in [-0.2, -0.15) is 0 Å². The van der Waals surface area contributed by atoms with Crippen molar-refractivity contribution in [2.24, 2.45) is 0 Å². The van der Waals surface area contributed by atoms with E-state index in [1.807, 2.05) is 5.38 Å². The number of hydrogen-bond donors (Lipinski definition) is 1. The topological polar surface area (TPSA) is 63.5 Å². The van der Waals surface area contributed by atoms with Crippen LogP contribution in [-0.4, -0.2) is 27.1 Å². The minimum absolute atomic E-state index is 0.0268. The first-order valence-corrected chi connectivity index (χ1v) is 8.52. The van der Waals surface area contributed by atoms with Crippen LogP contribution in [0.4, 0.5) is 0 Å². The summed E-state index contributed by atoms with van der Waals surface area (Å²) in [6.07, 6.45) is 4.74. The van der Waals surface area contributed by atoms with Gasteiger partial charge in [-0.15, -0.1) is 23.1 Å². The monoisotopic (exact) mass is 309 g/mol. The number of rotatable bonds is 3. The molecule has 0 bridgehead atoms. The minimum Gasteiger partial charge on any atom is -0.355 e. The molecule has 20 heavy (non-hydrogen) atoms. The molecule has 1 atom stereocenters. The van der Waals surface area contributed by atoms with Crippen LogP contribution in [0, 0.1) is 0 Å². The standard InChI is InChI=1S/C13H15N3O2S2/c17-11-7-9(15-13-16(11)5-6-19-13)8-20-10-3-1-2-4-14-12(10)18/h5-7,10H,1-4,8H2,(H,14,18)/t10-/m0/s1. The normalized spacial score (nSPS) is 19.8. The van der Waals surface area contributed by atoms with Crippen molar-refractivity contribution >= 4 is 34.0 Å². The Morgan fingerprint density at radius 3 is 3.25 bits per heavy atom. The summed E-state index contributed by atoms with van der Waals surface area (Å²) in [5.41, 5.74) is 0.691. The van der Waals surface area contributed by atoms with Crippen LogP contribution in [0.15, 0.2) is 22.4 Å². The first kappa shape index (κ1) is 13.6. The molecular weight excluding hydrogens is 294 g/mol. The second kappa shape index (κ2) is 5.97. The van der Waals surface area contributed by atoms with Crippen molar-refractivity contribution in [1.29, 1.82) is 0 Å². The van der Waals surface area contributed by atoms with Gasteiger partial charge in [-0.05, 0) is 12.8 Å². The molecular formula is C13H15N3O2S2. The second-order valence-electron chi connectivity index (χ2n) is 4.73. The summed E-state index contributed by atoms with van der Waals surface area (Å²) in [5, 5.41) is 4.74. The molecule has 5 nitrogen and oxygen atoms in total. The molecule has 0 aromatic carbocycles. The van der Waals surface area contributed by atoms with Gasteiger partial charge in [0.1, 0.15) is 0 Å². The van der Waals surface area contributed by atoms with E-state index in [1.165, 1.54) is 15.7 Å². The van der Waals surface area contributed by atoms with Crippen molar-refractivity contribution in [1.82, 2.24) is 14.7 Å². The molecule has 2 aromatic rings. The summed E-state index contributed by atoms with van der Waals surface area (Å²) < 4.78 is 1.54. The number of carbonyl (C=O) groups excluding carboxylic acids is 1. The van der Waals surface area contributed by atoms with Gasteiger partial charge in [-0.3, -0.25) is 14.0 Å². The third-order valence-corrected chi connectivity index (χ3v) is 5.34. The maximum absolute atomic E-state index is 11.9. The largest absolute Gasteiger partial charge is 0.355 e. The van der Waals surface area contributed by atoms with Crippen molar-refractivity contribution in [3.63, 3.8) is 0 Å². The van der Waals surface area contributed by atoms with E-state index >= 15 is 0 Å². The van der Waals surface area contributed by atoms with Crippen LogP contribution in [0.3, 0.4) is 0 Å². The summed E-state index contributed by atoms with van der Waals surface area (Å²) in [4.78, 5) is 28.9. The lowest BCUT2D eigenvalue weighted by Gasteiger charge is -2.12. The molecule has 0 aliphatic carbocycles. The van der Waals surface area contributed by atoms with Gasteiger partial charge in [-0.1, -0.05) is 6.42 Å². The first-order chi connectivity index (χ1) is 9.74. The molecule has 1 N–H and O–H groups in total. The van der Waals surface area contributed by atoms with Crippen LogP contribution in [0.5, 0.6) is 0 Å². The van der Waals surface area contributed by atoms with Crippen LogP contribution < -0.4 is 10.9 Å². The number of thioether (sulfide) groups is 1. The summed E-state index contributed by atoms with van der Waals surface area (Å²) >= 11 is 3.02.